The van der Waals surface area contributed by atoms with Crippen LogP contribution in [0.4, 0.5) is 5.82 Å². The molecule has 2 heterocycles. The molecule has 0 atom stereocenters. The van der Waals surface area contributed by atoms with Crippen molar-refractivity contribution >= 4 is 5.82 Å². The predicted octanol–water partition coefficient (Wildman–Crippen LogP) is 1.76. The number of aromatic nitrogens is 2. The van der Waals surface area contributed by atoms with Crippen molar-refractivity contribution in [3.05, 3.63) is 36.0 Å². The average Bonchev–Trinajstić information content (AvgIpc) is 2.94. The fourth-order valence-corrected chi connectivity index (χ4v) is 1.79. The van der Waals surface area contributed by atoms with E-state index in [9.17, 15) is 0 Å². The minimum atomic E-state index is 0.313. The maximum Gasteiger partial charge on any atom is 0.231 e. The van der Waals surface area contributed by atoms with Gasteiger partial charge in [0, 0.05) is 19.7 Å². The fraction of sp³-hybridized carbons (Fsp3) is 0.250. The Morgan fingerprint density at radius 3 is 3.00 bits per heavy atom. The molecule has 0 aliphatic carbocycles. The van der Waals surface area contributed by atoms with Gasteiger partial charge in [0.2, 0.25) is 6.79 Å². The lowest BCUT2D eigenvalue weighted by Gasteiger charge is -2.07. The number of benzene rings is 1. The summed E-state index contributed by atoms with van der Waals surface area (Å²) >= 11 is 0. The van der Waals surface area contributed by atoms with Gasteiger partial charge in [0.15, 0.2) is 11.5 Å². The molecule has 0 unspecified atom stereocenters. The van der Waals surface area contributed by atoms with Crippen LogP contribution in [0.1, 0.15) is 5.56 Å². The van der Waals surface area contributed by atoms with Gasteiger partial charge in [-0.15, -0.1) is 0 Å². The van der Waals surface area contributed by atoms with Crippen LogP contribution in [-0.4, -0.2) is 16.6 Å². The number of anilines is 1. The molecule has 0 saturated heterocycles. The molecule has 1 aromatic carbocycles. The molecule has 0 amide bonds. The van der Waals surface area contributed by atoms with E-state index in [1.807, 2.05) is 31.3 Å². The first-order valence-corrected chi connectivity index (χ1v) is 5.43. The van der Waals surface area contributed by atoms with Crippen molar-refractivity contribution in [3.63, 3.8) is 0 Å². The number of nitrogens with one attached hydrogen (secondary N) is 1. The zero-order valence-electron chi connectivity index (χ0n) is 9.51. The Balaban J connectivity index is 1.72. The van der Waals surface area contributed by atoms with Crippen LogP contribution in [0.3, 0.4) is 0 Å². The summed E-state index contributed by atoms with van der Waals surface area (Å²) in [6, 6.07) is 7.89. The maximum atomic E-state index is 5.33. The van der Waals surface area contributed by atoms with E-state index in [0.717, 1.165) is 29.4 Å². The highest BCUT2D eigenvalue weighted by molar-refractivity contribution is 5.45. The molecule has 0 bridgehead atoms. The van der Waals surface area contributed by atoms with E-state index in [1.54, 1.807) is 10.9 Å². The van der Waals surface area contributed by atoms with E-state index in [-0.39, 0.29) is 0 Å². The number of rotatable bonds is 3. The summed E-state index contributed by atoms with van der Waals surface area (Å²) in [4.78, 5) is 0. The van der Waals surface area contributed by atoms with E-state index in [2.05, 4.69) is 10.4 Å². The average molecular weight is 231 g/mol. The van der Waals surface area contributed by atoms with Gasteiger partial charge >= 0.3 is 0 Å². The van der Waals surface area contributed by atoms with Crippen molar-refractivity contribution in [2.75, 3.05) is 12.1 Å². The van der Waals surface area contributed by atoms with Crippen molar-refractivity contribution in [1.82, 2.24) is 9.78 Å². The Morgan fingerprint density at radius 1 is 1.29 bits per heavy atom. The molecule has 1 aliphatic heterocycles. The monoisotopic (exact) mass is 231 g/mol. The van der Waals surface area contributed by atoms with Gasteiger partial charge in [-0.2, -0.15) is 5.10 Å². The smallest absolute Gasteiger partial charge is 0.231 e. The zero-order chi connectivity index (χ0) is 11.7. The van der Waals surface area contributed by atoms with Crippen LogP contribution in [-0.2, 0) is 13.6 Å². The summed E-state index contributed by atoms with van der Waals surface area (Å²) in [6.45, 7) is 1.05. The summed E-state index contributed by atoms with van der Waals surface area (Å²) in [5.74, 6) is 2.62. The number of hydrogen-bond donors (Lipinski definition) is 1. The van der Waals surface area contributed by atoms with Crippen molar-refractivity contribution in [2.45, 2.75) is 6.54 Å². The second kappa shape index (κ2) is 4.01. The molecule has 1 N–H and O–H groups in total. The van der Waals surface area contributed by atoms with E-state index >= 15 is 0 Å². The van der Waals surface area contributed by atoms with E-state index in [1.165, 1.54) is 0 Å². The molecule has 1 aliphatic rings. The quantitative estimate of drug-likeness (QED) is 0.874. The third-order valence-corrected chi connectivity index (χ3v) is 2.73. The highest BCUT2D eigenvalue weighted by atomic mass is 16.7. The molecular weight excluding hydrogens is 218 g/mol. The molecular formula is C12H13N3O2. The summed E-state index contributed by atoms with van der Waals surface area (Å²) in [7, 11) is 1.90. The molecule has 0 radical (unpaired) electrons. The van der Waals surface area contributed by atoms with Gasteiger partial charge in [-0.05, 0) is 17.7 Å². The largest absolute Gasteiger partial charge is 0.454 e. The number of nitrogens with zero attached hydrogens (tertiary/aromatic N) is 2. The van der Waals surface area contributed by atoms with Crippen molar-refractivity contribution in [3.8, 4) is 11.5 Å². The summed E-state index contributed by atoms with van der Waals surface area (Å²) < 4.78 is 12.4. The first-order chi connectivity index (χ1) is 8.33. The second-order valence-corrected chi connectivity index (χ2v) is 3.88. The van der Waals surface area contributed by atoms with Crippen molar-refractivity contribution in [2.24, 2.45) is 7.05 Å². The van der Waals surface area contributed by atoms with Gasteiger partial charge in [0.05, 0.1) is 6.20 Å². The molecule has 88 valence electrons. The normalized spacial score (nSPS) is 12.8. The third-order valence-electron chi connectivity index (χ3n) is 2.73. The van der Waals surface area contributed by atoms with Crippen LogP contribution in [0, 0.1) is 0 Å². The molecule has 2 aromatic rings. The Kier molecular flexibility index (Phi) is 2.36. The summed E-state index contributed by atoms with van der Waals surface area (Å²) in [5, 5.41) is 7.40. The van der Waals surface area contributed by atoms with Gasteiger partial charge in [-0.25, -0.2) is 0 Å². The number of aryl methyl sites for hydroxylation is 1. The van der Waals surface area contributed by atoms with E-state index < -0.39 is 0 Å². The van der Waals surface area contributed by atoms with Crippen LogP contribution in [0.15, 0.2) is 30.5 Å². The van der Waals surface area contributed by atoms with Crippen molar-refractivity contribution in [1.29, 1.82) is 0 Å². The van der Waals surface area contributed by atoms with Crippen LogP contribution < -0.4 is 14.8 Å². The minimum Gasteiger partial charge on any atom is -0.454 e. The van der Waals surface area contributed by atoms with Gasteiger partial charge < -0.3 is 14.8 Å². The maximum absolute atomic E-state index is 5.33. The molecule has 1 aromatic heterocycles. The number of fused-ring (bicyclic) bond motifs is 1. The van der Waals surface area contributed by atoms with Crippen LogP contribution in [0.5, 0.6) is 11.5 Å². The highest BCUT2D eigenvalue weighted by Crippen LogP contribution is 2.32. The molecule has 0 spiro atoms. The van der Waals surface area contributed by atoms with Gasteiger partial charge in [0.25, 0.3) is 0 Å². The lowest BCUT2D eigenvalue weighted by molar-refractivity contribution is 0.174. The lowest BCUT2D eigenvalue weighted by Crippen LogP contribution is -2.04. The number of ether oxygens (including phenoxy) is 2. The second-order valence-electron chi connectivity index (χ2n) is 3.88. The first kappa shape index (κ1) is 10.0. The molecule has 5 heteroatoms. The predicted molar refractivity (Wildman–Crippen MR) is 63.1 cm³/mol. The molecule has 0 fully saturated rings. The van der Waals surface area contributed by atoms with Crippen molar-refractivity contribution < 1.29 is 9.47 Å². The SMILES string of the molecule is Cn1nccc1NCc1ccc2c(c1)OCO2. The highest BCUT2D eigenvalue weighted by Gasteiger charge is 2.12. The topological polar surface area (TPSA) is 48.3 Å². The third kappa shape index (κ3) is 1.91. The van der Waals surface area contributed by atoms with Gasteiger partial charge in [-0.3, -0.25) is 4.68 Å². The standard InChI is InChI=1S/C12H13N3O2/c1-15-12(4-5-14-15)13-7-9-2-3-10-11(6-9)17-8-16-10/h2-6,13H,7-8H2,1H3. The lowest BCUT2D eigenvalue weighted by atomic mass is 10.2. The Bertz CT molecular complexity index is 536. The Labute approximate surface area is 99.0 Å². The number of hydrogen-bond acceptors (Lipinski definition) is 4. The van der Waals surface area contributed by atoms with E-state index in [4.69, 9.17) is 9.47 Å². The van der Waals surface area contributed by atoms with Crippen LogP contribution >= 0.6 is 0 Å². The summed E-state index contributed by atoms with van der Waals surface area (Å²) in [6.07, 6.45) is 1.77. The minimum absolute atomic E-state index is 0.313. The zero-order valence-corrected chi connectivity index (χ0v) is 9.51. The first-order valence-electron chi connectivity index (χ1n) is 5.43. The molecule has 0 saturated carbocycles. The van der Waals surface area contributed by atoms with Crippen LogP contribution in [0.25, 0.3) is 0 Å². The van der Waals surface area contributed by atoms with Crippen LogP contribution in [0.2, 0.25) is 0 Å². The summed E-state index contributed by atoms with van der Waals surface area (Å²) in [5.41, 5.74) is 1.15. The van der Waals surface area contributed by atoms with Gasteiger partial charge in [0.1, 0.15) is 5.82 Å². The molecule has 3 rings (SSSR count). The Hall–Kier alpha value is -2.17. The van der Waals surface area contributed by atoms with E-state index in [0.29, 0.717) is 6.79 Å². The fourth-order valence-electron chi connectivity index (χ4n) is 1.79. The Morgan fingerprint density at radius 2 is 2.18 bits per heavy atom. The molecule has 5 nitrogen and oxygen atoms in total. The molecule has 17 heavy (non-hydrogen) atoms. The van der Waals surface area contributed by atoms with Gasteiger partial charge in [-0.1, -0.05) is 6.07 Å².